The van der Waals surface area contributed by atoms with Crippen LogP contribution in [0.25, 0.3) is 0 Å². The van der Waals surface area contributed by atoms with E-state index in [9.17, 15) is 14.7 Å². The van der Waals surface area contributed by atoms with E-state index < -0.39 is 12.0 Å². The minimum atomic E-state index is -0.912. The predicted octanol–water partition coefficient (Wildman–Crippen LogP) is 2.16. The van der Waals surface area contributed by atoms with Gasteiger partial charge in [-0.2, -0.15) is 4.98 Å². The Balaban J connectivity index is 1.84. The van der Waals surface area contributed by atoms with Crippen molar-refractivity contribution < 1.29 is 19.2 Å². The molecule has 0 spiro atoms. The van der Waals surface area contributed by atoms with Gasteiger partial charge in [0.25, 0.3) is 0 Å². The second kappa shape index (κ2) is 7.10. The van der Waals surface area contributed by atoms with Gasteiger partial charge in [-0.25, -0.2) is 4.79 Å². The molecule has 0 aromatic carbocycles. The summed E-state index contributed by atoms with van der Waals surface area (Å²) >= 11 is 0. The van der Waals surface area contributed by atoms with E-state index in [-0.39, 0.29) is 11.3 Å². The average Bonchev–Trinajstić information content (AvgIpc) is 2.96. The van der Waals surface area contributed by atoms with Crippen LogP contribution < -0.4 is 0 Å². The Hall–Kier alpha value is -1.92. The number of carbonyl (C=O) groups is 2. The number of amides is 1. The second-order valence-electron chi connectivity index (χ2n) is 7.05. The third-order valence-electron chi connectivity index (χ3n) is 4.03. The van der Waals surface area contributed by atoms with E-state index in [0.29, 0.717) is 43.9 Å². The summed E-state index contributed by atoms with van der Waals surface area (Å²) in [6.45, 7) is 6.55. The molecule has 1 aromatic heterocycles. The van der Waals surface area contributed by atoms with E-state index in [0.717, 1.165) is 12.8 Å². The van der Waals surface area contributed by atoms with Gasteiger partial charge in [0.2, 0.25) is 11.8 Å². The number of likely N-dealkylation sites (tertiary alicyclic amines) is 1. The first-order chi connectivity index (χ1) is 10.8. The molecule has 1 aromatic rings. The highest BCUT2D eigenvalue weighted by molar-refractivity contribution is 5.83. The van der Waals surface area contributed by atoms with Gasteiger partial charge in [-0.3, -0.25) is 4.79 Å². The number of rotatable bonds is 5. The first kappa shape index (κ1) is 17.4. The number of carbonyl (C=O) groups excluding carboxylic acids is 1. The summed E-state index contributed by atoms with van der Waals surface area (Å²) in [4.78, 5) is 29.3. The molecule has 1 aliphatic rings. The Labute approximate surface area is 136 Å². The molecule has 1 amide bonds. The van der Waals surface area contributed by atoms with Crippen LogP contribution in [0.2, 0.25) is 0 Å². The monoisotopic (exact) mass is 323 g/mol. The van der Waals surface area contributed by atoms with Crippen molar-refractivity contribution in [3.05, 3.63) is 11.7 Å². The van der Waals surface area contributed by atoms with Crippen molar-refractivity contribution in [3.63, 3.8) is 0 Å². The molecule has 128 valence electrons. The van der Waals surface area contributed by atoms with Crippen molar-refractivity contribution in [2.75, 3.05) is 6.54 Å². The lowest BCUT2D eigenvalue weighted by molar-refractivity contribution is -0.152. The maximum absolute atomic E-state index is 12.3. The first-order valence-corrected chi connectivity index (χ1v) is 8.14. The van der Waals surface area contributed by atoms with Gasteiger partial charge in [0.15, 0.2) is 5.82 Å². The van der Waals surface area contributed by atoms with Crippen LogP contribution in [0.3, 0.4) is 0 Å². The molecule has 0 bridgehead atoms. The number of aryl methyl sites for hydroxylation is 1. The van der Waals surface area contributed by atoms with Crippen molar-refractivity contribution in [1.82, 2.24) is 15.0 Å². The van der Waals surface area contributed by atoms with E-state index in [2.05, 4.69) is 10.1 Å². The van der Waals surface area contributed by atoms with Gasteiger partial charge in [-0.15, -0.1) is 0 Å². The van der Waals surface area contributed by atoms with E-state index in [1.807, 2.05) is 20.8 Å². The van der Waals surface area contributed by atoms with Crippen molar-refractivity contribution >= 4 is 11.9 Å². The molecule has 0 radical (unpaired) electrons. The van der Waals surface area contributed by atoms with Gasteiger partial charge in [-0.1, -0.05) is 25.9 Å². The van der Waals surface area contributed by atoms with Crippen LogP contribution in [0.1, 0.15) is 64.6 Å². The average molecular weight is 323 g/mol. The zero-order valence-electron chi connectivity index (χ0n) is 14.0. The molecule has 1 atom stereocenters. The zero-order chi connectivity index (χ0) is 17.0. The molecular formula is C16H25N3O4. The van der Waals surface area contributed by atoms with Gasteiger partial charge in [0.1, 0.15) is 6.04 Å². The van der Waals surface area contributed by atoms with E-state index in [4.69, 9.17) is 4.52 Å². The normalized spacial score (nSPS) is 18.9. The molecule has 23 heavy (non-hydrogen) atoms. The van der Waals surface area contributed by atoms with Crippen LogP contribution in [-0.2, 0) is 21.4 Å². The summed E-state index contributed by atoms with van der Waals surface area (Å²) in [6.07, 6.45) is 3.68. The third kappa shape index (κ3) is 4.53. The van der Waals surface area contributed by atoms with Crippen LogP contribution in [-0.4, -0.2) is 44.6 Å². The SMILES string of the molecule is CC(C)(C)c1noc(CCCC(=O)N2CCCC[C@@H]2C(=O)O)n1. The Morgan fingerprint density at radius 2 is 2.09 bits per heavy atom. The molecule has 1 aliphatic heterocycles. The van der Waals surface area contributed by atoms with Crippen LogP contribution in [0.15, 0.2) is 4.52 Å². The fourth-order valence-electron chi connectivity index (χ4n) is 2.68. The van der Waals surface area contributed by atoms with Crippen molar-refractivity contribution in [2.24, 2.45) is 0 Å². The van der Waals surface area contributed by atoms with Gasteiger partial charge < -0.3 is 14.5 Å². The smallest absolute Gasteiger partial charge is 0.326 e. The Morgan fingerprint density at radius 1 is 1.35 bits per heavy atom. The quantitative estimate of drug-likeness (QED) is 0.892. The number of nitrogens with zero attached hydrogens (tertiary/aromatic N) is 3. The molecule has 2 heterocycles. The predicted molar refractivity (Wildman–Crippen MR) is 82.9 cm³/mol. The van der Waals surface area contributed by atoms with Gasteiger partial charge in [-0.05, 0) is 25.7 Å². The minimum Gasteiger partial charge on any atom is -0.480 e. The summed E-state index contributed by atoms with van der Waals surface area (Å²) in [5, 5.41) is 13.2. The number of hydrogen-bond acceptors (Lipinski definition) is 5. The largest absolute Gasteiger partial charge is 0.480 e. The van der Waals surface area contributed by atoms with Crippen LogP contribution in [0.5, 0.6) is 0 Å². The van der Waals surface area contributed by atoms with Crippen LogP contribution in [0, 0.1) is 0 Å². The minimum absolute atomic E-state index is 0.104. The molecule has 1 N–H and O–H groups in total. The van der Waals surface area contributed by atoms with Crippen molar-refractivity contribution in [3.8, 4) is 0 Å². The molecular weight excluding hydrogens is 298 g/mol. The third-order valence-corrected chi connectivity index (χ3v) is 4.03. The van der Waals surface area contributed by atoms with Crippen molar-refractivity contribution in [1.29, 1.82) is 0 Å². The second-order valence-corrected chi connectivity index (χ2v) is 7.05. The molecule has 0 unspecified atom stereocenters. The number of aliphatic carboxylic acids is 1. The fraction of sp³-hybridized carbons (Fsp3) is 0.750. The molecule has 1 fully saturated rings. The maximum Gasteiger partial charge on any atom is 0.326 e. The highest BCUT2D eigenvalue weighted by atomic mass is 16.5. The highest BCUT2D eigenvalue weighted by Gasteiger charge is 2.31. The van der Waals surface area contributed by atoms with Crippen LogP contribution in [0.4, 0.5) is 0 Å². The first-order valence-electron chi connectivity index (χ1n) is 8.14. The molecule has 7 nitrogen and oxygen atoms in total. The summed E-state index contributed by atoms with van der Waals surface area (Å²) in [5.74, 6) is 0.161. The lowest BCUT2D eigenvalue weighted by Crippen LogP contribution is -2.47. The molecule has 7 heteroatoms. The Morgan fingerprint density at radius 3 is 2.70 bits per heavy atom. The molecule has 1 saturated heterocycles. The van der Waals surface area contributed by atoms with E-state index in [1.54, 1.807) is 0 Å². The topological polar surface area (TPSA) is 96.5 Å². The maximum atomic E-state index is 12.3. The van der Waals surface area contributed by atoms with E-state index in [1.165, 1.54) is 4.90 Å². The van der Waals surface area contributed by atoms with E-state index >= 15 is 0 Å². The summed E-state index contributed by atoms with van der Waals surface area (Å²) < 4.78 is 5.20. The summed E-state index contributed by atoms with van der Waals surface area (Å²) in [5.41, 5.74) is -0.167. The number of aromatic nitrogens is 2. The van der Waals surface area contributed by atoms with Gasteiger partial charge >= 0.3 is 5.97 Å². The highest BCUT2D eigenvalue weighted by Crippen LogP contribution is 2.20. The molecule has 0 saturated carbocycles. The van der Waals surface area contributed by atoms with Gasteiger partial charge in [0.05, 0.1) is 0 Å². The summed E-state index contributed by atoms with van der Waals surface area (Å²) in [6, 6.07) is -0.674. The summed E-state index contributed by atoms with van der Waals surface area (Å²) in [7, 11) is 0. The number of carboxylic acid groups (broad SMARTS) is 1. The number of piperidine rings is 1. The molecule has 2 rings (SSSR count). The number of hydrogen-bond donors (Lipinski definition) is 1. The Bertz CT molecular complexity index is 562. The fourth-order valence-corrected chi connectivity index (χ4v) is 2.68. The number of carboxylic acids is 1. The molecule has 0 aliphatic carbocycles. The zero-order valence-corrected chi connectivity index (χ0v) is 14.0. The lowest BCUT2D eigenvalue weighted by atomic mass is 9.96. The Kier molecular flexibility index (Phi) is 5.38. The lowest BCUT2D eigenvalue weighted by Gasteiger charge is -2.33. The standard InChI is InChI=1S/C16H25N3O4/c1-16(2,3)15-17-12(23-18-15)8-6-9-13(20)19-10-5-4-7-11(19)14(21)22/h11H,4-10H2,1-3H3,(H,21,22)/t11-/m1/s1. The van der Waals surface area contributed by atoms with Gasteiger partial charge in [0, 0.05) is 24.8 Å². The van der Waals surface area contributed by atoms with Crippen molar-refractivity contribution in [2.45, 2.75) is 70.8 Å². The van der Waals surface area contributed by atoms with Crippen LogP contribution >= 0.6 is 0 Å².